The third-order valence-electron chi connectivity index (χ3n) is 3.80. The first kappa shape index (κ1) is 14.6. The van der Waals surface area contributed by atoms with E-state index in [0.29, 0.717) is 24.7 Å². The molecule has 1 amide bonds. The third-order valence-corrected chi connectivity index (χ3v) is 3.80. The predicted molar refractivity (Wildman–Crippen MR) is 81.0 cm³/mol. The Morgan fingerprint density at radius 1 is 1.45 bits per heavy atom. The average Bonchev–Trinajstić information content (AvgIpc) is 3.14. The van der Waals surface area contributed by atoms with Crippen LogP contribution in [-0.2, 0) is 11.2 Å². The molecule has 0 spiro atoms. The van der Waals surface area contributed by atoms with Gasteiger partial charge in [-0.05, 0) is 18.6 Å². The number of anilines is 1. The van der Waals surface area contributed by atoms with Crippen molar-refractivity contribution in [2.45, 2.75) is 32.1 Å². The third kappa shape index (κ3) is 2.81. The zero-order valence-corrected chi connectivity index (χ0v) is 12.8. The van der Waals surface area contributed by atoms with Gasteiger partial charge < -0.3 is 14.2 Å². The highest BCUT2D eigenvalue weighted by Crippen LogP contribution is 2.32. The minimum absolute atomic E-state index is 0.0446. The minimum Gasteiger partial charge on any atom is -0.497 e. The maximum Gasteiger partial charge on any atom is 0.232 e. The summed E-state index contributed by atoms with van der Waals surface area (Å²) in [6, 6.07) is 7.49. The second kappa shape index (κ2) is 6.17. The fraction of sp³-hybridized carbons (Fsp3) is 0.438. The van der Waals surface area contributed by atoms with E-state index in [1.807, 2.05) is 24.3 Å². The van der Waals surface area contributed by atoms with E-state index in [9.17, 15) is 4.79 Å². The number of methoxy groups -OCH3 is 1. The van der Waals surface area contributed by atoms with Gasteiger partial charge in [-0.2, -0.15) is 4.98 Å². The summed E-state index contributed by atoms with van der Waals surface area (Å²) in [6.45, 7) is 2.62. The van der Waals surface area contributed by atoms with Crippen LogP contribution in [-0.4, -0.2) is 29.7 Å². The second-order valence-electron chi connectivity index (χ2n) is 5.41. The Morgan fingerprint density at radius 2 is 2.32 bits per heavy atom. The molecule has 1 aliphatic rings. The topological polar surface area (TPSA) is 68.5 Å². The van der Waals surface area contributed by atoms with E-state index >= 15 is 0 Å². The molecule has 116 valence electrons. The summed E-state index contributed by atoms with van der Waals surface area (Å²) in [4.78, 5) is 18.4. The van der Waals surface area contributed by atoms with Crippen LogP contribution >= 0.6 is 0 Å². The molecular weight excluding hydrogens is 282 g/mol. The van der Waals surface area contributed by atoms with Gasteiger partial charge in [-0.15, -0.1) is 0 Å². The lowest BCUT2D eigenvalue weighted by Gasteiger charge is -2.16. The molecule has 1 unspecified atom stereocenters. The summed E-state index contributed by atoms with van der Waals surface area (Å²) < 4.78 is 10.5. The lowest BCUT2D eigenvalue weighted by molar-refractivity contribution is -0.117. The van der Waals surface area contributed by atoms with E-state index in [1.165, 1.54) is 0 Å². The van der Waals surface area contributed by atoms with Gasteiger partial charge in [-0.25, -0.2) is 0 Å². The van der Waals surface area contributed by atoms with Gasteiger partial charge in [0, 0.05) is 31.1 Å². The number of aromatic nitrogens is 2. The molecule has 2 heterocycles. The van der Waals surface area contributed by atoms with Crippen molar-refractivity contribution in [3.8, 4) is 5.75 Å². The second-order valence-corrected chi connectivity index (χ2v) is 5.41. The highest BCUT2D eigenvalue weighted by atomic mass is 16.5. The van der Waals surface area contributed by atoms with Crippen molar-refractivity contribution >= 4 is 11.6 Å². The van der Waals surface area contributed by atoms with Gasteiger partial charge in [0.15, 0.2) is 5.82 Å². The van der Waals surface area contributed by atoms with Gasteiger partial charge in [0.25, 0.3) is 0 Å². The van der Waals surface area contributed by atoms with Crippen LogP contribution in [0, 0.1) is 0 Å². The lowest BCUT2D eigenvalue weighted by Crippen LogP contribution is -2.24. The van der Waals surface area contributed by atoms with Crippen LogP contribution in [0.2, 0.25) is 0 Å². The molecule has 0 bridgehead atoms. The minimum atomic E-state index is -0.0446. The molecule has 6 nitrogen and oxygen atoms in total. The van der Waals surface area contributed by atoms with Crippen molar-refractivity contribution in [2.24, 2.45) is 0 Å². The molecule has 0 saturated carbocycles. The molecule has 1 saturated heterocycles. The maximum atomic E-state index is 12.3. The summed E-state index contributed by atoms with van der Waals surface area (Å²) in [5, 5.41) is 3.96. The number of carbonyl (C=O) groups is 1. The van der Waals surface area contributed by atoms with Crippen molar-refractivity contribution in [1.29, 1.82) is 0 Å². The fourth-order valence-corrected chi connectivity index (χ4v) is 2.66. The Kier molecular flexibility index (Phi) is 4.09. The maximum absolute atomic E-state index is 12.3. The van der Waals surface area contributed by atoms with Crippen molar-refractivity contribution in [2.75, 3.05) is 18.6 Å². The van der Waals surface area contributed by atoms with Crippen molar-refractivity contribution in [3.05, 3.63) is 36.0 Å². The molecular formula is C16H19N3O3. The summed E-state index contributed by atoms with van der Waals surface area (Å²) in [5.74, 6) is 2.02. The van der Waals surface area contributed by atoms with E-state index in [1.54, 1.807) is 12.0 Å². The molecule has 1 fully saturated rings. The molecule has 3 rings (SSSR count). The number of benzene rings is 1. The normalized spacial score (nSPS) is 18.0. The molecule has 22 heavy (non-hydrogen) atoms. The van der Waals surface area contributed by atoms with Crippen molar-refractivity contribution < 1.29 is 14.1 Å². The first-order valence-electron chi connectivity index (χ1n) is 7.48. The number of nitrogens with zero attached hydrogens (tertiary/aromatic N) is 3. The van der Waals surface area contributed by atoms with E-state index in [-0.39, 0.29) is 11.8 Å². The van der Waals surface area contributed by atoms with Crippen molar-refractivity contribution in [1.82, 2.24) is 10.1 Å². The number of aryl methyl sites for hydroxylation is 1. The molecule has 1 aromatic heterocycles. The molecule has 1 aromatic carbocycles. The summed E-state index contributed by atoms with van der Waals surface area (Å²) >= 11 is 0. The van der Waals surface area contributed by atoms with Gasteiger partial charge in [0.1, 0.15) is 5.75 Å². The van der Waals surface area contributed by atoms with Crippen LogP contribution in [0.5, 0.6) is 5.75 Å². The number of hydrogen-bond donors (Lipinski definition) is 0. The Bertz CT molecular complexity index is 668. The number of amides is 1. The first-order chi connectivity index (χ1) is 10.7. The molecule has 1 atom stereocenters. The van der Waals surface area contributed by atoms with E-state index < -0.39 is 0 Å². The van der Waals surface area contributed by atoms with E-state index in [0.717, 1.165) is 24.3 Å². The summed E-state index contributed by atoms with van der Waals surface area (Å²) in [7, 11) is 1.61. The lowest BCUT2D eigenvalue weighted by atomic mass is 10.1. The predicted octanol–water partition coefficient (Wildman–Crippen LogP) is 2.55. The average molecular weight is 301 g/mol. The molecule has 0 aliphatic carbocycles. The SMILES string of the molecule is CCCc1noc(C2CC(=O)N(c3cccc(OC)c3)C2)n1. The highest BCUT2D eigenvalue weighted by Gasteiger charge is 2.35. The Labute approximate surface area is 129 Å². The van der Waals surface area contributed by atoms with Gasteiger partial charge in [-0.1, -0.05) is 18.1 Å². The van der Waals surface area contributed by atoms with Gasteiger partial charge in [-0.3, -0.25) is 4.79 Å². The van der Waals surface area contributed by atoms with Gasteiger partial charge in [0.2, 0.25) is 11.8 Å². The number of ether oxygens (including phenoxy) is 1. The Morgan fingerprint density at radius 3 is 3.09 bits per heavy atom. The number of rotatable bonds is 5. The Hall–Kier alpha value is -2.37. The van der Waals surface area contributed by atoms with Gasteiger partial charge in [0.05, 0.1) is 13.0 Å². The fourth-order valence-electron chi connectivity index (χ4n) is 2.66. The van der Waals surface area contributed by atoms with E-state index in [2.05, 4.69) is 17.1 Å². The molecule has 0 radical (unpaired) electrons. The number of carbonyl (C=O) groups excluding carboxylic acids is 1. The van der Waals surface area contributed by atoms with Crippen LogP contribution < -0.4 is 9.64 Å². The standard InChI is InChI=1S/C16H19N3O3/c1-3-5-14-17-16(22-18-14)11-8-15(20)19(10-11)12-6-4-7-13(9-12)21-2/h4,6-7,9,11H,3,5,8,10H2,1-2H3. The van der Waals surface area contributed by atoms with Crippen LogP contribution in [0.25, 0.3) is 0 Å². The molecule has 1 aliphatic heterocycles. The smallest absolute Gasteiger partial charge is 0.232 e. The highest BCUT2D eigenvalue weighted by molar-refractivity contribution is 5.96. The zero-order valence-electron chi connectivity index (χ0n) is 12.8. The van der Waals surface area contributed by atoms with Crippen LogP contribution in [0.4, 0.5) is 5.69 Å². The zero-order chi connectivity index (χ0) is 15.5. The number of hydrogen-bond acceptors (Lipinski definition) is 5. The molecule has 6 heteroatoms. The van der Waals surface area contributed by atoms with Crippen LogP contribution in [0.15, 0.2) is 28.8 Å². The Balaban J connectivity index is 1.77. The van der Waals surface area contributed by atoms with Gasteiger partial charge >= 0.3 is 0 Å². The van der Waals surface area contributed by atoms with Crippen LogP contribution in [0.3, 0.4) is 0 Å². The molecule has 2 aromatic rings. The largest absolute Gasteiger partial charge is 0.497 e. The van der Waals surface area contributed by atoms with Crippen molar-refractivity contribution in [3.63, 3.8) is 0 Å². The first-order valence-corrected chi connectivity index (χ1v) is 7.48. The van der Waals surface area contributed by atoms with Crippen LogP contribution in [0.1, 0.15) is 37.4 Å². The molecule has 0 N–H and O–H groups in total. The van der Waals surface area contributed by atoms with E-state index in [4.69, 9.17) is 9.26 Å². The summed E-state index contributed by atoms with van der Waals surface area (Å²) in [5.41, 5.74) is 0.833. The monoisotopic (exact) mass is 301 g/mol. The quantitative estimate of drug-likeness (QED) is 0.849. The summed E-state index contributed by atoms with van der Waals surface area (Å²) in [6.07, 6.45) is 2.16.